The van der Waals surface area contributed by atoms with Crippen LogP contribution in [0.1, 0.15) is 12.0 Å². The molecule has 1 aromatic carbocycles. The van der Waals surface area contributed by atoms with E-state index in [-0.39, 0.29) is 18.3 Å². The number of rotatable bonds is 9. The van der Waals surface area contributed by atoms with Crippen LogP contribution in [0.4, 0.5) is 17.6 Å². The summed E-state index contributed by atoms with van der Waals surface area (Å²) >= 11 is 0. The van der Waals surface area contributed by atoms with Crippen molar-refractivity contribution in [3.8, 4) is 11.5 Å². The van der Waals surface area contributed by atoms with Crippen LogP contribution in [0.5, 0.6) is 11.5 Å². The molecule has 2 aromatic rings. The number of pyridine rings is 1. The number of alkyl halides is 3. The number of nitrogens with zero attached hydrogens (tertiary/aromatic N) is 3. The zero-order valence-electron chi connectivity index (χ0n) is 17.9. The number of halogens is 4. The molecule has 0 saturated carbocycles. The van der Waals surface area contributed by atoms with Crippen LogP contribution in [0.2, 0.25) is 0 Å². The number of ether oxygens (including phenoxy) is 2. The van der Waals surface area contributed by atoms with Crippen molar-refractivity contribution in [2.24, 2.45) is 0 Å². The Hall–Kier alpha value is -2.98. The molecule has 0 N–H and O–H groups in total. The van der Waals surface area contributed by atoms with Gasteiger partial charge >= 0.3 is 6.18 Å². The third-order valence-electron chi connectivity index (χ3n) is 4.95. The minimum Gasteiger partial charge on any atom is -0.453 e. The average Bonchev–Trinajstić information content (AvgIpc) is 2.79. The first-order chi connectivity index (χ1) is 15.8. The van der Waals surface area contributed by atoms with Gasteiger partial charge in [-0.15, -0.1) is 0 Å². The summed E-state index contributed by atoms with van der Waals surface area (Å²) in [5, 5.41) is 0. The Balaban J connectivity index is 1.40. The average molecular weight is 467 g/mol. The van der Waals surface area contributed by atoms with E-state index < -0.39 is 18.6 Å². The number of hydrogen-bond donors (Lipinski definition) is 0. The number of carbonyl (C=O) groups excluding carboxylic acids is 1. The van der Waals surface area contributed by atoms with E-state index in [1.165, 1.54) is 24.4 Å². The number of carbonyl (C=O) groups is 1. The van der Waals surface area contributed by atoms with Gasteiger partial charge in [0.25, 0.3) is 0 Å². The molecule has 0 radical (unpaired) electrons. The molecular weight excluding hydrogens is 442 g/mol. The molecule has 1 amide bonds. The van der Waals surface area contributed by atoms with Crippen molar-refractivity contribution in [3.63, 3.8) is 0 Å². The van der Waals surface area contributed by atoms with Gasteiger partial charge < -0.3 is 14.4 Å². The van der Waals surface area contributed by atoms with Crippen molar-refractivity contribution in [1.82, 2.24) is 14.8 Å². The van der Waals surface area contributed by atoms with Crippen LogP contribution in [0.3, 0.4) is 0 Å². The Morgan fingerprint density at radius 3 is 2.61 bits per heavy atom. The molecule has 0 bridgehead atoms. The molecule has 178 valence electrons. The van der Waals surface area contributed by atoms with E-state index in [4.69, 9.17) is 4.74 Å². The highest BCUT2D eigenvalue weighted by Gasteiger charge is 2.27. The lowest BCUT2D eigenvalue weighted by Crippen LogP contribution is -2.48. The smallest absolute Gasteiger partial charge is 0.411 e. The Morgan fingerprint density at radius 2 is 1.94 bits per heavy atom. The molecule has 0 aliphatic carbocycles. The van der Waals surface area contributed by atoms with E-state index >= 15 is 0 Å². The maximum Gasteiger partial charge on any atom is 0.411 e. The van der Waals surface area contributed by atoms with Gasteiger partial charge in [0.05, 0.1) is 6.20 Å². The number of benzene rings is 1. The third-order valence-corrected chi connectivity index (χ3v) is 4.95. The maximum absolute atomic E-state index is 14.3. The maximum atomic E-state index is 14.3. The van der Waals surface area contributed by atoms with E-state index in [0.717, 1.165) is 0 Å². The number of piperazine rings is 1. The molecular formula is C23H25F4N3O3. The molecule has 6 nitrogen and oxygen atoms in total. The predicted octanol–water partition coefficient (Wildman–Crippen LogP) is 4.14. The van der Waals surface area contributed by atoms with E-state index in [0.29, 0.717) is 50.5 Å². The molecule has 1 aromatic heterocycles. The molecule has 0 unspecified atom stereocenters. The molecule has 1 fully saturated rings. The largest absolute Gasteiger partial charge is 0.453 e. The Morgan fingerprint density at radius 1 is 1.15 bits per heavy atom. The fourth-order valence-corrected chi connectivity index (χ4v) is 3.28. The molecule has 10 heteroatoms. The summed E-state index contributed by atoms with van der Waals surface area (Å²) in [5.74, 6) is -0.255. The summed E-state index contributed by atoms with van der Waals surface area (Å²) in [4.78, 5) is 20.1. The van der Waals surface area contributed by atoms with Gasteiger partial charge in [0.15, 0.2) is 11.6 Å². The predicted molar refractivity (Wildman–Crippen MR) is 114 cm³/mol. The van der Waals surface area contributed by atoms with Gasteiger partial charge in [0.2, 0.25) is 5.91 Å². The van der Waals surface area contributed by atoms with E-state index in [1.54, 1.807) is 35.4 Å². The van der Waals surface area contributed by atoms with Gasteiger partial charge in [0, 0.05) is 51.6 Å². The highest BCUT2D eigenvalue weighted by atomic mass is 19.4. The van der Waals surface area contributed by atoms with Crippen LogP contribution in [0.15, 0.2) is 48.8 Å². The van der Waals surface area contributed by atoms with E-state index in [1.807, 2.05) is 0 Å². The SMILES string of the molecule is O=C(/C=C/c1ccc(Oc2cccnc2)c(F)c1)N1CCN(CCCOCC(F)(F)F)CC1. The molecule has 0 atom stereocenters. The van der Waals surface area contributed by atoms with Crippen molar-refractivity contribution in [1.29, 1.82) is 0 Å². The molecule has 33 heavy (non-hydrogen) atoms. The summed E-state index contributed by atoms with van der Waals surface area (Å²) in [7, 11) is 0. The normalized spacial score (nSPS) is 15.2. The second-order valence-corrected chi connectivity index (χ2v) is 7.50. The second-order valence-electron chi connectivity index (χ2n) is 7.50. The van der Waals surface area contributed by atoms with Gasteiger partial charge in [-0.1, -0.05) is 6.07 Å². The Kier molecular flexibility index (Phi) is 8.79. The van der Waals surface area contributed by atoms with Gasteiger partial charge in [-0.05, 0) is 42.3 Å². The molecule has 2 heterocycles. The van der Waals surface area contributed by atoms with Crippen molar-refractivity contribution in [2.45, 2.75) is 12.6 Å². The van der Waals surface area contributed by atoms with Crippen molar-refractivity contribution >= 4 is 12.0 Å². The molecule has 1 aliphatic heterocycles. The van der Waals surface area contributed by atoms with Crippen LogP contribution in [0.25, 0.3) is 6.08 Å². The minimum atomic E-state index is -4.30. The van der Waals surface area contributed by atoms with Crippen LogP contribution in [-0.4, -0.2) is 72.8 Å². The molecule has 3 rings (SSSR count). The highest BCUT2D eigenvalue weighted by Crippen LogP contribution is 2.25. The molecule has 1 saturated heterocycles. The van der Waals surface area contributed by atoms with Crippen LogP contribution in [0, 0.1) is 5.82 Å². The van der Waals surface area contributed by atoms with Crippen molar-refractivity contribution in [2.75, 3.05) is 45.9 Å². The Bertz CT molecular complexity index is 930. The van der Waals surface area contributed by atoms with Crippen LogP contribution in [-0.2, 0) is 9.53 Å². The topological polar surface area (TPSA) is 54.9 Å². The summed E-state index contributed by atoms with van der Waals surface area (Å²) in [5.41, 5.74) is 0.525. The number of amides is 1. The summed E-state index contributed by atoms with van der Waals surface area (Å²) in [6.45, 7) is 1.72. The van der Waals surface area contributed by atoms with Gasteiger partial charge in [-0.3, -0.25) is 14.7 Å². The van der Waals surface area contributed by atoms with Gasteiger partial charge in [0.1, 0.15) is 12.4 Å². The van der Waals surface area contributed by atoms with Crippen LogP contribution < -0.4 is 4.74 Å². The first kappa shape index (κ1) is 24.7. The zero-order chi connectivity index (χ0) is 23.7. The van der Waals surface area contributed by atoms with Crippen molar-refractivity contribution in [3.05, 3.63) is 60.2 Å². The Labute approximate surface area is 189 Å². The lowest BCUT2D eigenvalue weighted by atomic mass is 10.2. The van der Waals surface area contributed by atoms with E-state index in [2.05, 4.69) is 14.6 Å². The molecule has 0 spiro atoms. The first-order valence-electron chi connectivity index (χ1n) is 10.5. The van der Waals surface area contributed by atoms with Gasteiger partial charge in [-0.25, -0.2) is 4.39 Å². The fraction of sp³-hybridized carbons (Fsp3) is 0.391. The van der Waals surface area contributed by atoms with E-state index in [9.17, 15) is 22.4 Å². The number of hydrogen-bond acceptors (Lipinski definition) is 5. The second kappa shape index (κ2) is 11.8. The highest BCUT2D eigenvalue weighted by molar-refractivity contribution is 5.91. The zero-order valence-corrected chi connectivity index (χ0v) is 17.9. The lowest BCUT2D eigenvalue weighted by molar-refractivity contribution is -0.174. The summed E-state index contributed by atoms with van der Waals surface area (Å²) < 4.78 is 60.5. The monoisotopic (exact) mass is 467 g/mol. The third kappa shape index (κ3) is 8.47. The fourth-order valence-electron chi connectivity index (χ4n) is 3.28. The first-order valence-corrected chi connectivity index (χ1v) is 10.5. The lowest BCUT2D eigenvalue weighted by Gasteiger charge is -2.34. The van der Waals surface area contributed by atoms with Gasteiger partial charge in [-0.2, -0.15) is 13.2 Å². The number of aromatic nitrogens is 1. The summed E-state index contributed by atoms with van der Waals surface area (Å²) in [6.07, 6.45) is 2.21. The van der Waals surface area contributed by atoms with Crippen LogP contribution >= 0.6 is 0 Å². The standard InChI is InChI=1S/C23H25F4N3O3/c24-20-15-18(4-6-21(20)33-19-3-1-8-28-16-19)5-7-22(31)30-12-10-29(11-13-30)9-2-14-32-17-23(25,26)27/h1,3-8,15-16H,2,9-14,17H2/b7-5+. The quantitative estimate of drug-likeness (QED) is 0.315. The summed E-state index contributed by atoms with van der Waals surface area (Å²) in [6, 6.07) is 7.78. The minimum absolute atomic E-state index is 0.0457. The van der Waals surface area contributed by atoms with Crippen molar-refractivity contribution < 1.29 is 31.8 Å². The molecule has 1 aliphatic rings.